The number of rotatable bonds is 2. The average molecular weight is 321 g/mol. The maximum atomic E-state index is 11.2. The Morgan fingerprint density at radius 3 is 2.84 bits per heavy atom. The molecule has 0 N–H and O–H groups in total. The van der Waals surface area contributed by atoms with Crippen molar-refractivity contribution < 1.29 is 9.53 Å². The molecule has 3 heteroatoms. The molecule has 0 saturated heterocycles. The molecule has 0 unspecified atom stereocenters. The van der Waals surface area contributed by atoms with Gasteiger partial charge >= 0.3 is 0 Å². The van der Waals surface area contributed by atoms with Crippen LogP contribution in [0.2, 0.25) is 0 Å². The molecule has 1 aliphatic heterocycles. The second-order valence-corrected chi connectivity index (χ2v) is 6.38. The van der Waals surface area contributed by atoms with Gasteiger partial charge in [-0.2, -0.15) is 0 Å². The smallest absolute Gasteiger partial charge is 0.152 e. The van der Waals surface area contributed by atoms with Gasteiger partial charge in [0.15, 0.2) is 5.78 Å². The number of ether oxygens (including phenoxy) is 1. The molecular weight excluding hydrogens is 304 g/mol. The lowest BCUT2D eigenvalue weighted by Crippen LogP contribution is -2.17. The van der Waals surface area contributed by atoms with E-state index in [2.05, 4.69) is 35.9 Å². The van der Waals surface area contributed by atoms with Crippen LogP contribution in [0.25, 0.3) is 5.57 Å². The minimum Gasteiger partial charge on any atom is -0.492 e. The molecule has 1 aromatic rings. The molecule has 0 atom stereocenters. The topological polar surface area (TPSA) is 26.3 Å². The quantitative estimate of drug-likeness (QED) is 0.755. The van der Waals surface area contributed by atoms with Gasteiger partial charge in [0, 0.05) is 15.5 Å². The summed E-state index contributed by atoms with van der Waals surface area (Å²) < 4.78 is 6.86. The number of ketones is 1. The number of halogens is 1. The van der Waals surface area contributed by atoms with Gasteiger partial charge < -0.3 is 4.74 Å². The predicted octanol–water partition coefficient (Wildman–Crippen LogP) is 4.40. The van der Waals surface area contributed by atoms with Gasteiger partial charge in [-0.15, -0.1) is 0 Å². The Hall–Kier alpha value is -1.35. The first-order chi connectivity index (χ1) is 8.87. The predicted molar refractivity (Wildman–Crippen MR) is 81.2 cm³/mol. The number of hydrogen-bond donors (Lipinski definition) is 0. The Morgan fingerprint density at radius 2 is 2.16 bits per heavy atom. The molecule has 0 bridgehead atoms. The van der Waals surface area contributed by atoms with Crippen molar-refractivity contribution in [1.29, 1.82) is 0 Å². The standard InChI is InChI=1S/C16H17BrO2/c1-11(18)4-5-12-9-16(2,3)10-19-15-7-6-13(17)8-14(12)15/h4-9H,10H2,1-3H3/b5-4+. The van der Waals surface area contributed by atoms with Gasteiger partial charge in [0.2, 0.25) is 0 Å². The van der Waals surface area contributed by atoms with E-state index in [0.717, 1.165) is 21.4 Å². The second kappa shape index (κ2) is 5.33. The highest BCUT2D eigenvalue weighted by atomic mass is 79.9. The van der Waals surface area contributed by atoms with E-state index in [1.54, 1.807) is 13.0 Å². The minimum absolute atomic E-state index is 0.0421. The van der Waals surface area contributed by atoms with E-state index in [1.165, 1.54) is 0 Å². The first-order valence-electron chi connectivity index (χ1n) is 6.22. The lowest BCUT2D eigenvalue weighted by molar-refractivity contribution is -0.112. The van der Waals surface area contributed by atoms with Crippen LogP contribution in [0.1, 0.15) is 26.3 Å². The molecule has 1 aliphatic rings. The molecule has 1 heterocycles. The maximum Gasteiger partial charge on any atom is 0.152 e. The molecule has 2 rings (SSSR count). The summed E-state index contributed by atoms with van der Waals surface area (Å²) in [5.74, 6) is 0.897. The van der Waals surface area contributed by atoms with Crippen LogP contribution in [0.4, 0.5) is 0 Å². The highest BCUT2D eigenvalue weighted by molar-refractivity contribution is 9.10. The van der Waals surface area contributed by atoms with Crippen molar-refractivity contribution in [3.8, 4) is 5.75 Å². The van der Waals surface area contributed by atoms with Gasteiger partial charge in [-0.25, -0.2) is 0 Å². The zero-order chi connectivity index (χ0) is 14.0. The van der Waals surface area contributed by atoms with Crippen LogP contribution >= 0.6 is 15.9 Å². The maximum absolute atomic E-state index is 11.2. The number of benzene rings is 1. The number of allylic oxidation sites excluding steroid dienone is 3. The molecule has 0 aliphatic carbocycles. The third-order valence-electron chi connectivity index (χ3n) is 2.90. The van der Waals surface area contributed by atoms with Crippen LogP contribution in [0.15, 0.2) is 40.9 Å². The highest BCUT2D eigenvalue weighted by Crippen LogP contribution is 2.37. The Kier molecular flexibility index (Phi) is 3.95. The molecule has 0 spiro atoms. The fourth-order valence-corrected chi connectivity index (χ4v) is 2.36. The van der Waals surface area contributed by atoms with Gasteiger partial charge in [-0.3, -0.25) is 4.79 Å². The fraction of sp³-hybridized carbons (Fsp3) is 0.312. The second-order valence-electron chi connectivity index (χ2n) is 5.46. The van der Waals surface area contributed by atoms with E-state index in [4.69, 9.17) is 4.74 Å². The van der Waals surface area contributed by atoms with E-state index in [9.17, 15) is 4.79 Å². The zero-order valence-electron chi connectivity index (χ0n) is 11.4. The zero-order valence-corrected chi connectivity index (χ0v) is 13.0. The van der Waals surface area contributed by atoms with E-state index >= 15 is 0 Å². The highest BCUT2D eigenvalue weighted by Gasteiger charge is 2.22. The number of carbonyl (C=O) groups is 1. The summed E-state index contributed by atoms with van der Waals surface area (Å²) in [6, 6.07) is 5.94. The molecule has 19 heavy (non-hydrogen) atoms. The third kappa shape index (κ3) is 3.57. The summed E-state index contributed by atoms with van der Waals surface area (Å²) in [5.41, 5.74) is 1.97. The van der Waals surface area contributed by atoms with Crippen LogP contribution < -0.4 is 4.74 Å². The van der Waals surface area contributed by atoms with Crippen molar-refractivity contribution in [3.05, 3.63) is 46.5 Å². The monoisotopic (exact) mass is 320 g/mol. The number of fused-ring (bicyclic) bond motifs is 1. The average Bonchev–Trinajstić information content (AvgIpc) is 2.44. The molecule has 0 saturated carbocycles. The summed E-state index contributed by atoms with van der Waals surface area (Å²) in [6.45, 7) is 6.42. The lowest BCUT2D eigenvalue weighted by atomic mass is 9.90. The molecule has 1 aromatic carbocycles. The van der Waals surface area contributed by atoms with Crippen molar-refractivity contribution in [2.75, 3.05) is 6.61 Å². The van der Waals surface area contributed by atoms with Crippen LogP contribution in [0.3, 0.4) is 0 Å². The molecule has 0 fully saturated rings. The van der Waals surface area contributed by atoms with Crippen molar-refractivity contribution in [1.82, 2.24) is 0 Å². The molecule has 0 amide bonds. The van der Waals surface area contributed by atoms with Gasteiger partial charge in [0.05, 0.1) is 6.61 Å². The summed E-state index contributed by atoms with van der Waals surface area (Å²) in [5, 5.41) is 0. The first-order valence-corrected chi connectivity index (χ1v) is 7.01. The van der Waals surface area contributed by atoms with E-state index in [1.807, 2.05) is 24.3 Å². The van der Waals surface area contributed by atoms with Gasteiger partial charge in [-0.1, -0.05) is 41.9 Å². The van der Waals surface area contributed by atoms with Crippen LogP contribution in [-0.2, 0) is 4.79 Å². The summed E-state index contributed by atoms with van der Waals surface area (Å²) >= 11 is 3.48. The Balaban J connectivity index is 2.54. The first kappa shape index (κ1) is 14.1. The Morgan fingerprint density at radius 1 is 1.42 bits per heavy atom. The number of hydrogen-bond acceptors (Lipinski definition) is 2. The van der Waals surface area contributed by atoms with Crippen molar-refractivity contribution in [3.63, 3.8) is 0 Å². The van der Waals surface area contributed by atoms with Crippen LogP contribution in [0, 0.1) is 5.41 Å². The van der Waals surface area contributed by atoms with Gasteiger partial charge in [0.1, 0.15) is 5.75 Å². The minimum atomic E-state index is -0.0675. The molecule has 0 aromatic heterocycles. The normalized spacial score (nSPS) is 17.4. The van der Waals surface area contributed by atoms with Gasteiger partial charge in [0.25, 0.3) is 0 Å². The molecule has 0 radical (unpaired) electrons. The summed E-state index contributed by atoms with van der Waals surface area (Å²) in [6.07, 6.45) is 5.62. The van der Waals surface area contributed by atoms with E-state index < -0.39 is 0 Å². The molecule has 100 valence electrons. The summed E-state index contributed by atoms with van der Waals surface area (Å²) in [4.78, 5) is 11.2. The largest absolute Gasteiger partial charge is 0.492 e. The fourth-order valence-electron chi connectivity index (χ4n) is 2.00. The molecular formula is C16H17BrO2. The van der Waals surface area contributed by atoms with Crippen molar-refractivity contribution >= 4 is 27.3 Å². The summed E-state index contributed by atoms with van der Waals surface area (Å²) in [7, 11) is 0. The SMILES string of the molecule is CC(=O)/C=C/C1=CC(C)(C)COc2ccc(Br)cc21. The van der Waals surface area contributed by atoms with E-state index in [-0.39, 0.29) is 11.2 Å². The Labute approximate surface area is 122 Å². The van der Waals surface area contributed by atoms with Crippen LogP contribution in [0.5, 0.6) is 5.75 Å². The Bertz CT molecular complexity index is 568. The van der Waals surface area contributed by atoms with Crippen molar-refractivity contribution in [2.24, 2.45) is 5.41 Å². The van der Waals surface area contributed by atoms with Gasteiger partial charge in [-0.05, 0) is 36.8 Å². The van der Waals surface area contributed by atoms with E-state index in [0.29, 0.717) is 6.61 Å². The lowest BCUT2D eigenvalue weighted by Gasteiger charge is -2.18. The third-order valence-corrected chi connectivity index (χ3v) is 3.39. The van der Waals surface area contributed by atoms with Crippen molar-refractivity contribution in [2.45, 2.75) is 20.8 Å². The number of carbonyl (C=O) groups excluding carboxylic acids is 1. The molecule has 2 nitrogen and oxygen atoms in total. The van der Waals surface area contributed by atoms with Crippen LogP contribution in [-0.4, -0.2) is 12.4 Å².